The van der Waals surface area contributed by atoms with Crippen LogP contribution in [-0.2, 0) is 20.6 Å². The molecule has 1 aromatic rings. The van der Waals surface area contributed by atoms with Crippen molar-refractivity contribution in [2.45, 2.75) is 31.6 Å². The summed E-state index contributed by atoms with van der Waals surface area (Å²) >= 11 is 0. The molecule has 1 atom stereocenters. The first kappa shape index (κ1) is 20.7. The fourth-order valence-electron chi connectivity index (χ4n) is 1.90. The Morgan fingerprint density at radius 1 is 1.24 bits per heavy atom. The van der Waals surface area contributed by atoms with Gasteiger partial charge in [0.1, 0.15) is 0 Å². The summed E-state index contributed by atoms with van der Waals surface area (Å²) < 4.78 is 28.0. The van der Waals surface area contributed by atoms with Crippen LogP contribution >= 0.6 is 0 Å². The van der Waals surface area contributed by atoms with Gasteiger partial charge in [-0.15, -0.1) is 0 Å². The van der Waals surface area contributed by atoms with Crippen LogP contribution in [0.3, 0.4) is 0 Å². The lowest BCUT2D eigenvalue weighted by atomic mass is 10.0. The summed E-state index contributed by atoms with van der Waals surface area (Å²) in [6.07, 6.45) is 1.27. The van der Waals surface area contributed by atoms with Crippen LogP contribution in [0.1, 0.15) is 32.3 Å². The standard InChI is InChI=1S/C17H22FN3O3S/c1-12(2)14-6-8-15(9-7-14)25(24)21(5)10-16(18)17(19-13(3)23)20(4)11-22/h6-12H,1-5H3/b16-10+,19-17?. The van der Waals surface area contributed by atoms with Crippen molar-refractivity contribution in [3.63, 3.8) is 0 Å². The van der Waals surface area contributed by atoms with Gasteiger partial charge in [0, 0.05) is 21.0 Å². The number of carbonyl (C=O) groups excluding carboxylic acids is 2. The van der Waals surface area contributed by atoms with Crippen molar-refractivity contribution >= 4 is 29.1 Å². The average molecular weight is 367 g/mol. The summed E-state index contributed by atoms with van der Waals surface area (Å²) in [6, 6.07) is 7.18. The largest absolute Gasteiger partial charge is 0.300 e. The van der Waals surface area contributed by atoms with Gasteiger partial charge < -0.3 is 0 Å². The highest BCUT2D eigenvalue weighted by Gasteiger charge is 2.16. The smallest absolute Gasteiger partial charge is 0.244 e. The summed E-state index contributed by atoms with van der Waals surface area (Å²) in [5, 5.41) is 0. The number of aliphatic imine (C=N–C) groups is 1. The molecule has 0 N–H and O–H groups in total. The van der Waals surface area contributed by atoms with Crippen LogP contribution in [0.15, 0.2) is 46.2 Å². The Morgan fingerprint density at radius 3 is 2.24 bits per heavy atom. The number of nitrogens with zero attached hydrogens (tertiary/aromatic N) is 3. The summed E-state index contributed by atoms with van der Waals surface area (Å²) in [5.74, 6) is -1.69. The van der Waals surface area contributed by atoms with Gasteiger partial charge in [-0.3, -0.25) is 18.8 Å². The molecule has 0 fully saturated rings. The zero-order chi connectivity index (χ0) is 19.1. The van der Waals surface area contributed by atoms with Gasteiger partial charge in [0.05, 0.1) is 11.1 Å². The number of benzene rings is 1. The summed E-state index contributed by atoms with van der Waals surface area (Å²) in [5.41, 5.74) is 1.11. The number of halogens is 1. The molecule has 0 spiro atoms. The lowest BCUT2D eigenvalue weighted by molar-refractivity contribution is -0.115. The van der Waals surface area contributed by atoms with Crippen molar-refractivity contribution in [1.82, 2.24) is 9.21 Å². The van der Waals surface area contributed by atoms with Gasteiger partial charge in [-0.25, -0.2) is 8.60 Å². The lowest BCUT2D eigenvalue weighted by Crippen LogP contribution is -2.28. The highest BCUT2D eigenvalue weighted by molar-refractivity contribution is 7.82. The minimum atomic E-state index is -1.64. The Labute approximate surface area is 149 Å². The first-order valence-electron chi connectivity index (χ1n) is 7.57. The van der Waals surface area contributed by atoms with Crippen LogP contribution in [-0.4, -0.2) is 45.7 Å². The summed E-state index contributed by atoms with van der Waals surface area (Å²) in [4.78, 5) is 26.7. The van der Waals surface area contributed by atoms with Gasteiger partial charge in [0.2, 0.25) is 12.3 Å². The Balaban J connectivity index is 3.05. The number of likely N-dealkylation sites (N-methyl/N-ethyl adjacent to an activating group) is 1. The molecule has 0 aliphatic rings. The van der Waals surface area contributed by atoms with Crippen LogP contribution in [0, 0.1) is 0 Å². The van der Waals surface area contributed by atoms with Gasteiger partial charge in [-0.2, -0.15) is 4.99 Å². The molecule has 0 aliphatic heterocycles. The van der Waals surface area contributed by atoms with Crippen molar-refractivity contribution in [2.75, 3.05) is 14.1 Å². The van der Waals surface area contributed by atoms with Gasteiger partial charge in [-0.1, -0.05) is 26.0 Å². The van der Waals surface area contributed by atoms with E-state index in [0.29, 0.717) is 17.2 Å². The molecule has 0 saturated carbocycles. The molecule has 6 nitrogen and oxygen atoms in total. The number of rotatable bonds is 6. The van der Waals surface area contributed by atoms with Crippen LogP contribution in [0.2, 0.25) is 0 Å². The zero-order valence-corrected chi connectivity index (χ0v) is 15.7. The lowest BCUT2D eigenvalue weighted by Gasteiger charge is -2.16. The Kier molecular flexibility index (Phi) is 7.63. The third kappa shape index (κ3) is 5.90. The second-order valence-corrected chi connectivity index (χ2v) is 7.21. The van der Waals surface area contributed by atoms with E-state index in [1.54, 1.807) is 12.1 Å². The SMILES string of the molecule is CC(=O)N=C(/C(F)=C\N(C)S(=O)c1ccc(C(C)C)cc1)N(C)C=O. The number of amidine groups is 1. The molecule has 0 aromatic heterocycles. The quantitative estimate of drug-likeness (QED) is 0.441. The molecule has 8 heteroatoms. The zero-order valence-electron chi connectivity index (χ0n) is 14.9. The predicted octanol–water partition coefficient (Wildman–Crippen LogP) is 2.61. The van der Waals surface area contributed by atoms with E-state index in [4.69, 9.17) is 0 Å². The van der Waals surface area contributed by atoms with E-state index in [1.165, 1.54) is 14.1 Å². The average Bonchev–Trinajstić information content (AvgIpc) is 2.57. The van der Waals surface area contributed by atoms with Crippen molar-refractivity contribution in [2.24, 2.45) is 4.99 Å². The molecule has 136 valence electrons. The Hall–Kier alpha value is -2.35. The molecule has 25 heavy (non-hydrogen) atoms. The minimum Gasteiger partial charge on any atom is -0.300 e. The van der Waals surface area contributed by atoms with Crippen molar-refractivity contribution in [1.29, 1.82) is 0 Å². The molecular weight excluding hydrogens is 345 g/mol. The monoisotopic (exact) mass is 367 g/mol. The van der Waals surface area contributed by atoms with E-state index in [1.807, 2.05) is 12.1 Å². The van der Waals surface area contributed by atoms with E-state index in [-0.39, 0.29) is 0 Å². The van der Waals surface area contributed by atoms with Crippen LogP contribution in [0.4, 0.5) is 4.39 Å². The third-order valence-electron chi connectivity index (χ3n) is 3.27. The van der Waals surface area contributed by atoms with Crippen LogP contribution < -0.4 is 0 Å². The normalized spacial score (nSPS) is 13.6. The summed E-state index contributed by atoms with van der Waals surface area (Å²) in [6.45, 7) is 5.25. The number of hydrogen-bond acceptors (Lipinski definition) is 3. The number of amides is 2. The Bertz CT molecular complexity index is 714. The van der Waals surface area contributed by atoms with E-state index in [2.05, 4.69) is 18.8 Å². The van der Waals surface area contributed by atoms with E-state index >= 15 is 0 Å². The van der Waals surface area contributed by atoms with Crippen molar-refractivity contribution in [3.8, 4) is 0 Å². The van der Waals surface area contributed by atoms with Crippen molar-refractivity contribution in [3.05, 3.63) is 41.9 Å². The molecule has 0 bridgehead atoms. The molecule has 0 heterocycles. The Morgan fingerprint density at radius 2 is 1.80 bits per heavy atom. The number of carbonyl (C=O) groups is 2. The van der Waals surface area contributed by atoms with Gasteiger partial charge in [0.25, 0.3) is 0 Å². The number of hydrogen-bond donors (Lipinski definition) is 0. The van der Waals surface area contributed by atoms with E-state index in [0.717, 1.165) is 27.9 Å². The maximum absolute atomic E-state index is 14.4. The third-order valence-corrected chi connectivity index (χ3v) is 4.58. The van der Waals surface area contributed by atoms with Gasteiger partial charge >= 0.3 is 0 Å². The van der Waals surface area contributed by atoms with E-state index < -0.39 is 28.6 Å². The maximum atomic E-state index is 14.4. The predicted molar refractivity (Wildman–Crippen MR) is 95.8 cm³/mol. The fourth-order valence-corrected chi connectivity index (χ4v) is 2.79. The van der Waals surface area contributed by atoms with Crippen LogP contribution in [0.25, 0.3) is 0 Å². The van der Waals surface area contributed by atoms with Gasteiger partial charge in [-0.05, 0) is 23.6 Å². The highest BCUT2D eigenvalue weighted by Crippen LogP contribution is 2.18. The second-order valence-electron chi connectivity index (χ2n) is 5.67. The molecule has 1 aromatic carbocycles. The molecular formula is C17H22FN3O3S. The van der Waals surface area contributed by atoms with Gasteiger partial charge in [0.15, 0.2) is 22.6 Å². The minimum absolute atomic E-state index is 0.330. The molecule has 0 aliphatic carbocycles. The molecule has 1 unspecified atom stereocenters. The molecule has 0 radical (unpaired) electrons. The fraction of sp³-hybridized carbons (Fsp3) is 0.353. The topological polar surface area (TPSA) is 70.1 Å². The first-order valence-corrected chi connectivity index (χ1v) is 8.67. The van der Waals surface area contributed by atoms with Crippen LogP contribution in [0.5, 0.6) is 0 Å². The first-order chi connectivity index (χ1) is 11.7. The maximum Gasteiger partial charge on any atom is 0.244 e. The summed E-state index contributed by atoms with van der Waals surface area (Å²) in [7, 11) is 1.05. The van der Waals surface area contributed by atoms with E-state index in [9.17, 15) is 18.2 Å². The second kappa shape index (κ2) is 9.22. The molecule has 1 rings (SSSR count). The highest BCUT2D eigenvalue weighted by atomic mass is 32.2. The van der Waals surface area contributed by atoms with Crippen molar-refractivity contribution < 1.29 is 18.2 Å². The molecule has 0 saturated heterocycles. The molecule has 2 amide bonds.